The zero-order valence-electron chi connectivity index (χ0n) is 17.3. The summed E-state index contributed by atoms with van der Waals surface area (Å²) in [6.07, 6.45) is 6.12. The van der Waals surface area contributed by atoms with Crippen molar-refractivity contribution in [1.29, 1.82) is 0 Å². The first-order valence-corrected chi connectivity index (χ1v) is 10.7. The zero-order valence-corrected chi connectivity index (χ0v) is 17.3. The predicted molar refractivity (Wildman–Crippen MR) is 107 cm³/mol. The number of rotatable bonds is 8. The van der Waals surface area contributed by atoms with E-state index in [1.165, 1.54) is 0 Å². The summed E-state index contributed by atoms with van der Waals surface area (Å²) in [6, 6.07) is 2.05. The summed E-state index contributed by atoms with van der Waals surface area (Å²) < 4.78 is 5.39. The second-order valence-corrected chi connectivity index (χ2v) is 8.99. The maximum atomic E-state index is 13.1. The number of nitrogens with one attached hydrogen (secondary N) is 1. The molecule has 1 aromatic heterocycles. The van der Waals surface area contributed by atoms with Gasteiger partial charge < -0.3 is 20.5 Å². The molecule has 2 fully saturated rings. The van der Waals surface area contributed by atoms with Crippen molar-refractivity contribution in [2.75, 3.05) is 6.54 Å². The fourth-order valence-electron chi connectivity index (χ4n) is 4.00. The van der Waals surface area contributed by atoms with Crippen molar-refractivity contribution < 1.29 is 14.1 Å². The molecule has 0 bridgehead atoms. The predicted octanol–water partition coefficient (Wildman–Crippen LogP) is 2.81. The molecule has 2 aliphatic carbocycles. The molecule has 1 atom stereocenters. The molecule has 7 heteroatoms. The summed E-state index contributed by atoms with van der Waals surface area (Å²) in [7, 11) is 0. The molecule has 0 aliphatic heterocycles. The number of nitrogens with two attached hydrogens (primary N) is 1. The van der Waals surface area contributed by atoms with Crippen LogP contribution in [0.25, 0.3) is 0 Å². The van der Waals surface area contributed by atoms with Gasteiger partial charge in [0, 0.05) is 43.1 Å². The Kier molecular flexibility index (Phi) is 6.75. The van der Waals surface area contributed by atoms with Crippen LogP contribution in [0.15, 0.2) is 10.6 Å². The van der Waals surface area contributed by atoms with Gasteiger partial charge in [-0.05, 0) is 51.4 Å². The summed E-state index contributed by atoms with van der Waals surface area (Å²) >= 11 is 0. The summed E-state index contributed by atoms with van der Waals surface area (Å²) in [5.41, 5.74) is 6.13. The molecule has 0 unspecified atom stereocenters. The average molecular weight is 391 g/mol. The molecular weight excluding hydrogens is 356 g/mol. The van der Waals surface area contributed by atoms with Gasteiger partial charge in [0.2, 0.25) is 5.91 Å². The number of hydrogen-bond donors (Lipinski definition) is 2. The molecule has 28 heavy (non-hydrogen) atoms. The molecule has 156 valence electrons. The van der Waals surface area contributed by atoms with E-state index in [4.69, 9.17) is 10.3 Å². The van der Waals surface area contributed by atoms with Crippen molar-refractivity contribution in [2.24, 2.45) is 11.7 Å². The summed E-state index contributed by atoms with van der Waals surface area (Å²) in [5.74, 6) is 1.65. The Hall–Kier alpha value is -1.89. The maximum absolute atomic E-state index is 13.1. The van der Waals surface area contributed by atoms with Crippen molar-refractivity contribution in [2.45, 2.75) is 89.8 Å². The average Bonchev–Trinajstić information content (AvgIpc) is 3.36. The molecule has 2 amide bonds. The summed E-state index contributed by atoms with van der Waals surface area (Å²) in [4.78, 5) is 27.1. The number of carbonyl (C=O) groups excluding carboxylic acids is 2. The Bertz CT molecular complexity index is 673. The van der Waals surface area contributed by atoms with Gasteiger partial charge in [0.05, 0.1) is 0 Å². The summed E-state index contributed by atoms with van der Waals surface area (Å²) in [5, 5.41) is 7.13. The molecule has 0 aromatic carbocycles. The first kappa shape index (κ1) is 20.8. The molecular formula is C21H34N4O3. The van der Waals surface area contributed by atoms with E-state index >= 15 is 0 Å². The number of amides is 2. The molecule has 2 saturated carbocycles. The Balaban J connectivity index is 1.59. The lowest BCUT2D eigenvalue weighted by Crippen LogP contribution is -2.47. The Labute approximate surface area is 167 Å². The molecule has 0 spiro atoms. The SMILES string of the molecule is CC(C)CN(C(=O)c1cc(C2CC2)on1)[C@H]1CC[C@H](NC(=O)C[C@@H](C)N)CC1. The molecule has 1 aromatic rings. The van der Waals surface area contributed by atoms with Crippen LogP contribution in [0.4, 0.5) is 0 Å². The molecule has 2 aliphatic rings. The third kappa shape index (κ3) is 5.56. The third-order valence-electron chi connectivity index (χ3n) is 5.56. The van der Waals surface area contributed by atoms with Crippen molar-refractivity contribution in [1.82, 2.24) is 15.4 Å². The largest absolute Gasteiger partial charge is 0.360 e. The van der Waals surface area contributed by atoms with Crippen LogP contribution in [-0.2, 0) is 4.79 Å². The molecule has 1 heterocycles. The molecule has 7 nitrogen and oxygen atoms in total. The van der Waals surface area contributed by atoms with Crippen molar-refractivity contribution in [3.8, 4) is 0 Å². The van der Waals surface area contributed by atoms with Crippen molar-refractivity contribution in [3.63, 3.8) is 0 Å². The van der Waals surface area contributed by atoms with Gasteiger partial charge in [-0.15, -0.1) is 0 Å². The van der Waals surface area contributed by atoms with Crippen molar-refractivity contribution >= 4 is 11.8 Å². The minimum Gasteiger partial charge on any atom is -0.360 e. The van der Waals surface area contributed by atoms with Gasteiger partial charge in [0.25, 0.3) is 5.91 Å². The molecule has 3 rings (SSSR count). The third-order valence-corrected chi connectivity index (χ3v) is 5.56. The number of nitrogens with zero attached hydrogens (tertiary/aromatic N) is 2. The van der Waals surface area contributed by atoms with E-state index in [1.807, 2.05) is 17.9 Å². The maximum Gasteiger partial charge on any atom is 0.276 e. The van der Waals surface area contributed by atoms with Crippen LogP contribution in [0, 0.1) is 5.92 Å². The van der Waals surface area contributed by atoms with Crippen molar-refractivity contribution in [3.05, 3.63) is 17.5 Å². The topological polar surface area (TPSA) is 101 Å². The highest BCUT2D eigenvalue weighted by Gasteiger charge is 2.33. The van der Waals surface area contributed by atoms with Crippen LogP contribution in [0.5, 0.6) is 0 Å². The van der Waals surface area contributed by atoms with Gasteiger partial charge in [0.1, 0.15) is 5.76 Å². The molecule has 3 N–H and O–H groups in total. The highest BCUT2D eigenvalue weighted by atomic mass is 16.5. The van der Waals surface area contributed by atoms with E-state index in [1.54, 1.807) is 0 Å². The lowest BCUT2D eigenvalue weighted by Gasteiger charge is -2.37. The van der Waals surface area contributed by atoms with Crippen LogP contribution < -0.4 is 11.1 Å². The molecule has 0 saturated heterocycles. The van der Waals surface area contributed by atoms with Gasteiger partial charge in [-0.25, -0.2) is 0 Å². The number of hydrogen-bond acceptors (Lipinski definition) is 5. The van der Waals surface area contributed by atoms with E-state index < -0.39 is 0 Å². The summed E-state index contributed by atoms with van der Waals surface area (Å²) in [6.45, 7) is 6.79. The highest BCUT2D eigenvalue weighted by molar-refractivity contribution is 5.92. The highest BCUT2D eigenvalue weighted by Crippen LogP contribution is 2.40. The zero-order chi connectivity index (χ0) is 20.3. The van der Waals surface area contributed by atoms with Gasteiger partial charge in [-0.1, -0.05) is 19.0 Å². The van der Waals surface area contributed by atoms with Crippen LogP contribution in [0.1, 0.15) is 87.9 Å². The van der Waals surface area contributed by atoms with E-state index in [2.05, 4.69) is 24.3 Å². The van der Waals surface area contributed by atoms with E-state index in [0.29, 0.717) is 30.5 Å². The van der Waals surface area contributed by atoms with Crippen LogP contribution in [0.2, 0.25) is 0 Å². The first-order chi connectivity index (χ1) is 13.3. The fourth-order valence-corrected chi connectivity index (χ4v) is 4.00. The first-order valence-electron chi connectivity index (χ1n) is 10.7. The lowest BCUT2D eigenvalue weighted by molar-refractivity contribution is -0.122. The van der Waals surface area contributed by atoms with Crippen LogP contribution >= 0.6 is 0 Å². The Morgan fingerprint density at radius 1 is 1.21 bits per heavy atom. The van der Waals surface area contributed by atoms with E-state index in [-0.39, 0.29) is 29.9 Å². The Morgan fingerprint density at radius 2 is 1.89 bits per heavy atom. The van der Waals surface area contributed by atoms with Gasteiger partial charge >= 0.3 is 0 Å². The second-order valence-electron chi connectivity index (χ2n) is 8.99. The van der Waals surface area contributed by atoms with E-state index in [0.717, 1.165) is 44.3 Å². The number of carbonyl (C=O) groups is 2. The number of aromatic nitrogens is 1. The minimum atomic E-state index is -0.126. The minimum absolute atomic E-state index is 0.0174. The van der Waals surface area contributed by atoms with Crippen LogP contribution in [0.3, 0.4) is 0 Å². The van der Waals surface area contributed by atoms with Gasteiger partial charge in [-0.2, -0.15) is 0 Å². The lowest BCUT2D eigenvalue weighted by atomic mass is 9.89. The quantitative estimate of drug-likeness (QED) is 0.711. The molecule has 0 radical (unpaired) electrons. The standard InChI is InChI=1S/C21H34N4O3/c1-13(2)12-25(21(27)18-11-19(28-24-18)15-4-5-15)17-8-6-16(7-9-17)23-20(26)10-14(3)22/h11,13-17H,4-10,12,22H2,1-3H3,(H,23,26)/t14-,16-,17-/m1/s1. The fraction of sp³-hybridized carbons (Fsp3) is 0.762. The van der Waals surface area contributed by atoms with Gasteiger partial charge in [-0.3, -0.25) is 9.59 Å². The normalized spacial score (nSPS) is 23.5. The smallest absolute Gasteiger partial charge is 0.276 e. The van der Waals surface area contributed by atoms with Crippen LogP contribution in [-0.4, -0.2) is 46.5 Å². The van der Waals surface area contributed by atoms with E-state index in [9.17, 15) is 9.59 Å². The monoisotopic (exact) mass is 390 g/mol. The Morgan fingerprint density at radius 3 is 2.46 bits per heavy atom. The van der Waals surface area contributed by atoms with Gasteiger partial charge in [0.15, 0.2) is 5.69 Å². The second kappa shape index (κ2) is 9.07.